The molecule has 0 aliphatic heterocycles. The molecular formula is C110H70N10O4Pt5S. The Morgan fingerprint density at radius 1 is 0.169 bits per heavy atom. The molecule has 14 nitrogen and oxygen atoms in total. The van der Waals surface area contributed by atoms with Gasteiger partial charge in [-0.3, -0.25) is 34.9 Å². The minimum atomic E-state index is 0. The second-order valence-electron chi connectivity index (χ2n) is 26.9. The van der Waals surface area contributed by atoms with E-state index in [-0.39, 0.29) is 105 Å². The van der Waals surface area contributed by atoms with Crippen molar-refractivity contribution < 1.29 is 124 Å². The molecule has 0 saturated heterocycles. The van der Waals surface area contributed by atoms with Gasteiger partial charge in [0.2, 0.25) is 17.6 Å². The molecule has 20 heteroatoms. The van der Waals surface area contributed by atoms with Crippen LogP contribution >= 0.6 is 11.8 Å². The molecule has 0 spiro atoms. The third-order valence-electron chi connectivity index (χ3n) is 18.2. The fourth-order valence-electron chi connectivity index (χ4n) is 12.3. The van der Waals surface area contributed by atoms with Crippen LogP contribution in [0.4, 0.5) is 0 Å². The minimum absolute atomic E-state index is 0. The SMILES string of the molecule is [Pt+2].[Pt+2].[Pt+2].[Pt+2].[Pt+2].[c-]1c(Oc2ccccn2)cccc1-c1[c-]c(-c2ccccn2)ccc1.[c-]1ccccc1-c1[c-]c(-c2cccc(Sc3ccccn3)n2)ccc1.[c-]1ccccc1Oc1[c-]c(-c2cccc(-c3ccccn3)n2)ccc1.[c-]1ccccc1Oc1cccc(-c2[c-]c(-c3ccccn3)ccc2)n1.[c-]1ccccc1Oc1cccc(-c2cccc(-c3[c-]cccc3)n2)n1. The first-order valence-electron chi connectivity index (χ1n) is 39.7. The largest absolute Gasteiger partial charge is 2.00 e. The van der Waals surface area contributed by atoms with Gasteiger partial charge in [0, 0.05) is 94.6 Å². The van der Waals surface area contributed by atoms with Crippen molar-refractivity contribution in [2.24, 2.45) is 0 Å². The van der Waals surface area contributed by atoms with Crippen molar-refractivity contribution in [3.05, 3.63) is 486 Å². The zero-order valence-electron chi connectivity index (χ0n) is 68.5. The Balaban J connectivity index is 0.000000156. The Labute approximate surface area is 832 Å². The molecule has 10 aromatic heterocycles. The number of ether oxygens (including phenoxy) is 4. The molecule has 0 N–H and O–H groups in total. The van der Waals surface area contributed by atoms with Gasteiger partial charge in [0.1, 0.15) is 5.03 Å². The molecule has 10 aromatic carbocycles. The number of para-hydroxylation sites is 3. The molecule has 130 heavy (non-hydrogen) atoms. The fourth-order valence-corrected chi connectivity index (χ4v) is 13.1. The summed E-state index contributed by atoms with van der Waals surface area (Å²) in [6.45, 7) is 0. The van der Waals surface area contributed by atoms with Crippen LogP contribution in [0, 0.1) is 60.7 Å². The molecule has 0 amide bonds. The average molecular weight is 2600 g/mol. The fraction of sp³-hybridized carbons (Fsp3) is 0. The molecule has 20 aromatic rings. The smallest absolute Gasteiger partial charge is 0.503 e. The molecule has 20 rings (SSSR count). The molecule has 0 unspecified atom stereocenters. The summed E-state index contributed by atoms with van der Waals surface area (Å²) in [5.41, 5.74) is 17.8. The van der Waals surface area contributed by atoms with Crippen molar-refractivity contribution in [2.75, 3.05) is 0 Å². The zero-order valence-corrected chi connectivity index (χ0v) is 80.7. The quantitative estimate of drug-likeness (QED) is 0.0661. The molecule has 10 heterocycles. The molecule has 0 aliphatic carbocycles. The second-order valence-corrected chi connectivity index (χ2v) is 28.0. The summed E-state index contributed by atoms with van der Waals surface area (Å²) in [5.74, 6) is 4.76. The first-order valence-corrected chi connectivity index (χ1v) is 40.5. The van der Waals surface area contributed by atoms with Gasteiger partial charge in [0.15, 0.2) is 0 Å². The standard InChI is InChI=1S/4C22H14N2O.C22H14N2S.5Pt/c1-3-13-23-21(11-1)19-9-5-7-17(15-19)18-8-6-10-20(16-18)25-22-12-2-4-14-24-22;1-3-9-17(10-4-1)19-13-7-14-20(23-19)21-15-8-16-22(24-21)25-18-11-5-2-6-12-18;1-2-10-19(11-3-1)25-22-14-7-13-21(24-22)18-9-6-8-17(16-18)20-12-4-5-15-23-20;1-2-9-18(10-3-1)25-19-11-6-8-17(16-19)20-13-7-14-22(24-20)21-12-4-5-15-23-21;1-2-8-17(9-3-1)18-10-6-11-19(16-18)20-12-7-14-22(24-20)25-21-13-4-5-15-23-21;;;;;/h1-14H;1-9,11,13-16H;1-10,12-15H;1-9,11-15H;1-8,10-15H;;;;;/q5*-2;5*+2. The van der Waals surface area contributed by atoms with Gasteiger partial charge in [-0.1, -0.05) is 126 Å². The van der Waals surface area contributed by atoms with Gasteiger partial charge in [-0.15, -0.1) is 180 Å². The van der Waals surface area contributed by atoms with Gasteiger partial charge in [-0.05, 0) is 84.2 Å². The Hall–Kier alpha value is -13.3. The molecule has 0 atom stereocenters. The van der Waals surface area contributed by atoms with Crippen molar-refractivity contribution in [1.29, 1.82) is 0 Å². The van der Waals surface area contributed by atoms with E-state index in [0.717, 1.165) is 123 Å². The summed E-state index contributed by atoms with van der Waals surface area (Å²) in [4.78, 5) is 44.9. The summed E-state index contributed by atoms with van der Waals surface area (Å²) < 4.78 is 23.1. The number of aromatic nitrogens is 10. The number of rotatable bonds is 20. The summed E-state index contributed by atoms with van der Waals surface area (Å²) in [7, 11) is 0. The van der Waals surface area contributed by atoms with Crippen LogP contribution < -0.4 is 18.9 Å². The number of nitrogens with zero attached hydrogens (tertiary/aromatic N) is 10. The minimum Gasteiger partial charge on any atom is -0.503 e. The van der Waals surface area contributed by atoms with Gasteiger partial charge in [-0.25, -0.2) is 26.1 Å². The maximum Gasteiger partial charge on any atom is 2.00 e. The Morgan fingerprint density at radius 3 is 0.946 bits per heavy atom. The summed E-state index contributed by atoms with van der Waals surface area (Å²) >= 11 is 1.55. The van der Waals surface area contributed by atoms with Crippen molar-refractivity contribution in [3.8, 4) is 159 Å². The van der Waals surface area contributed by atoms with E-state index in [0.29, 0.717) is 46.4 Å². The van der Waals surface area contributed by atoms with Gasteiger partial charge < -0.3 is 18.9 Å². The Bertz CT molecular complexity index is 5830. The Morgan fingerprint density at radius 2 is 0.462 bits per heavy atom. The number of benzene rings is 10. The predicted molar refractivity (Wildman–Crippen MR) is 490 cm³/mol. The summed E-state index contributed by atoms with van der Waals surface area (Å²) in [6.07, 6.45) is 8.81. The van der Waals surface area contributed by atoms with E-state index in [9.17, 15) is 0 Å². The third-order valence-corrected chi connectivity index (χ3v) is 19.0. The number of pyridine rings is 10. The van der Waals surface area contributed by atoms with Crippen LogP contribution in [0.5, 0.6) is 46.4 Å². The molecule has 0 aliphatic rings. The van der Waals surface area contributed by atoms with Crippen LogP contribution in [0.15, 0.2) is 435 Å². The molecule has 0 fully saturated rings. The van der Waals surface area contributed by atoms with Crippen LogP contribution in [0.1, 0.15) is 0 Å². The van der Waals surface area contributed by atoms with E-state index >= 15 is 0 Å². The van der Waals surface area contributed by atoms with Gasteiger partial charge in [-0.2, -0.15) is 120 Å². The van der Waals surface area contributed by atoms with E-state index in [4.69, 9.17) is 33.9 Å². The molecule has 0 bridgehead atoms. The normalized spacial score (nSPS) is 10.0. The summed E-state index contributed by atoms with van der Waals surface area (Å²) in [5, 5.41) is 1.85. The molecule has 0 radical (unpaired) electrons. The van der Waals surface area contributed by atoms with Crippen molar-refractivity contribution in [2.45, 2.75) is 10.1 Å². The molecule has 640 valence electrons. The van der Waals surface area contributed by atoms with E-state index in [1.54, 1.807) is 48.8 Å². The maximum atomic E-state index is 5.80. The first kappa shape index (κ1) is 97.3. The molecular weight excluding hydrogens is 2530 g/mol. The van der Waals surface area contributed by atoms with E-state index in [1.165, 1.54) is 0 Å². The summed E-state index contributed by atoms with van der Waals surface area (Å²) in [6, 6.07) is 158. The van der Waals surface area contributed by atoms with E-state index < -0.39 is 0 Å². The first-order chi connectivity index (χ1) is 61.9. The monoisotopic (exact) mass is 2600 g/mol. The van der Waals surface area contributed by atoms with Crippen LogP contribution in [0.2, 0.25) is 0 Å². The van der Waals surface area contributed by atoms with Gasteiger partial charge in [0.25, 0.3) is 0 Å². The second kappa shape index (κ2) is 51.6. The van der Waals surface area contributed by atoms with Crippen molar-refractivity contribution in [1.82, 2.24) is 49.8 Å². The number of hydrogen-bond acceptors (Lipinski definition) is 15. The van der Waals surface area contributed by atoms with Crippen LogP contribution in [0.3, 0.4) is 0 Å². The topological polar surface area (TPSA) is 166 Å². The predicted octanol–water partition coefficient (Wildman–Crippen LogP) is 26.4. The van der Waals surface area contributed by atoms with Crippen LogP contribution in [-0.4, -0.2) is 49.8 Å². The van der Waals surface area contributed by atoms with Crippen LogP contribution in [-0.2, 0) is 105 Å². The van der Waals surface area contributed by atoms with E-state index in [1.807, 2.05) is 388 Å². The van der Waals surface area contributed by atoms with E-state index in [2.05, 4.69) is 95.6 Å². The molecule has 0 saturated carbocycles. The zero-order chi connectivity index (χ0) is 84.5. The van der Waals surface area contributed by atoms with Crippen molar-refractivity contribution in [3.63, 3.8) is 0 Å². The maximum absolute atomic E-state index is 5.80. The average Bonchev–Trinajstić information content (AvgIpc) is 0.842. The third kappa shape index (κ3) is 28.8. The number of hydrogen-bond donors (Lipinski definition) is 0. The van der Waals surface area contributed by atoms with Gasteiger partial charge >= 0.3 is 105 Å². The Kier molecular flexibility index (Phi) is 38.6. The van der Waals surface area contributed by atoms with Gasteiger partial charge in [0.05, 0.1) is 27.8 Å². The van der Waals surface area contributed by atoms with Crippen LogP contribution in [0.25, 0.3) is 113 Å². The van der Waals surface area contributed by atoms with Crippen molar-refractivity contribution >= 4 is 11.8 Å².